The quantitative estimate of drug-likeness (QED) is 0.755. The van der Waals surface area contributed by atoms with Gasteiger partial charge in [0.15, 0.2) is 0 Å². The van der Waals surface area contributed by atoms with Gasteiger partial charge in [-0.25, -0.2) is 0 Å². The summed E-state index contributed by atoms with van der Waals surface area (Å²) in [5, 5.41) is 7.92. The number of nitrogens with one attached hydrogen (secondary N) is 1. The second-order valence-corrected chi connectivity index (χ2v) is 5.45. The van der Waals surface area contributed by atoms with Crippen LogP contribution in [0.3, 0.4) is 0 Å². The normalized spacial score (nSPS) is 11.0. The van der Waals surface area contributed by atoms with Gasteiger partial charge in [0, 0.05) is 24.3 Å². The summed E-state index contributed by atoms with van der Waals surface area (Å²) in [6.45, 7) is 8.77. The summed E-state index contributed by atoms with van der Waals surface area (Å²) in [6.07, 6.45) is 3.13. The lowest BCUT2D eigenvalue weighted by atomic mass is 10.2. The van der Waals surface area contributed by atoms with Gasteiger partial charge in [-0.05, 0) is 38.9 Å². The molecule has 114 valence electrons. The lowest BCUT2D eigenvalue weighted by Crippen LogP contribution is -2.14. The van der Waals surface area contributed by atoms with Crippen molar-refractivity contribution >= 4 is 0 Å². The fourth-order valence-corrected chi connectivity index (χ4v) is 2.08. The van der Waals surface area contributed by atoms with Gasteiger partial charge in [-0.2, -0.15) is 5.10 Å². The number of nitrogens with zero attached hydrogens (tertiary/aromatic N) is 2. The van der Waals surface area contributed by atoms with Crippen LogP contribution in [-0.2, 0) is 13.2 Å². The molecule has 0 bridgehead atoms. The minimum atomic E-state index is 0.379. The van der Waals surface area contributed by atoms with Crippen molar-refractivity contribution in [2.75, 3.05) is 6.54 Å². The first kappa shape index (κ1) is 15.6. The van der Waals surface area contributed by atoms with Crippen molar-refractivity contribution < 1.29 is 4.74 Å². The first-order valence-corrected chi connectivity index (χ1v) is 7.66. The first-order valence-electron chi connectivity index (χ1n) is 7.66. The molecular formula is C17H25N3O. The third-order valence-electron chi connectivity index (χ3n) is 3.28. The monoisotopic (exact) mass is 287 g/mol. The molecule has 1 heterocycles. The fourth-order valence-electron chi connectivity index (χ4n) is 2.08. The summed E-state index contributed by atoms with van der Waals surface area (Å²) >= 11 is 0. The second-order valence-electron chi connectivity index (χ2n) is 5.45. The molecule has 0 fully saturated rings. The van der Waals surface area contributed by atoms with Gasteiger partial charge in [0.2, 0.25) is 0 Å². The van der Waals surface area contributed by atoms with Crippen LogP contribution in [0.15, 0.2) is 36.5 Å². The molecule has 0 aliphatic rings. The zero-order valence-electron chi connectivity index (χ0n) is 13.2. The highest BCUT2D eigenvalue weighted by Crippen LogP contribution is 2.19. The Balaban J connectivity index is 1.95. The summed E-state index contributed by atoms with van der Waals surface area (Å²) < 4.78 is 7.88. The van der Waals surface area contributed by atoms with E-state index in [0.29, 0.717) is 12.6 Å². The molecule has 0 aliphatic carbocycles. The van der Waals surface area contributed by atoms with Crippen LogP contribution in [0, 0.1) is 0 Å². The lowest BCUT2D eigenvalue weighted by molar-refractivity contribution is 0.295. The van der Waals surface area contributed by atoms with Crippen molar-refractivity contribution in [2.24, 2.45) is 0 Å². The molecule has 0 atom stereocenters. The highest BCUT2D eigenvalue weighted by molar-refractivity contribution is 5.33. The van der Waals surface area contributed by atoms with Gasteiger partial charge in [0.05, 0.1) is 5.69 Å². The summed E-state index contributed by atoms with van der Waals surface area (Å²) in [5.41, 5.74) is 2.15. The Morgan fingerprint density at radius 3 is 2.76 bits per heavy atom. The van der Waals surface area contributed by atoms with E-state index in [1.54, 1.807) is 0 Å². The molecule has 2 aromatic rings. The molecular weight excluding hydrogens is 262 g/mol. The van der Waals surface area contributed by atoms with Crippen molar-refractivity contribution in [2.45, 2.75) is 46.4 Å². The number of rotatable bonds is 8. The topological polar surface area (TPSA) is 39.1 Å². The molecule has 0 saturated carbocycles. The Morgan fingerprint density at radius 1 is 1.24 bits per heavy atom. The van der Waals surface area contributed by atoms with Crippen LogP contribution < -0.4 is 10.1 Å². The standard InChI is InChI=1S/C17H25N3O/c1-4-10-18-12-15-7-5-6-8-17(15)21-13-16-9-11-20(19-16)14(2)3/h5-9,11,14,18H,4,10,12-13H2,1-3H3. The predicted octanol–water partition coefficient (Wildman–Crippen LogP) is 3.54. The van der Waals surface area contributed by atoms with Crippen LogP contribution in [0.4, 0.5) is 0 Å². The van der Waals surface area contributed by atoms with E-state index in [2.05, 4.69) is 37.3 Å². The molecule has 4 nitrogen and oxygen atoms in total. The minimum absolute atomic E-state index is 0.379. The van der Waals surface area contributed by atoms with E-state index >= 15 is 0 Å². The Labute approximate surface area is 127 Å². The second kappa shape index (κ2) is 7.84. The van der Waals surface area contributed by atoms with Crippen molar-refractivity contribution in [3.05, 3.63) is 47.8 Å². The van der Waals surface area contributed by atoms with Crippen LogP contribution in [0.2, 0.25) is 0 Å². The molecule has 0 spiro atoms. The third kappa shape index (κ3) is 4.60. The summed E-state index contributed by atoms with van der Waals surface area (Å²) in [4.78, 5) is 0. The van der Waals surface area contributed by atoms with E-state index < -0.39 is 0 Å². The molecule has 0 saturated heterocycles. The van der Waals surface area contributed by atoms with E-state index in [1.165, 1.54) is 5.56 Å². The van der Waals surface area contributed by atoms with Gasteiger partial charge in [-0.15, -0.1) is 0 Å². The zero-order valence-corrected chi connectivity index (χ0v) is 13.2. The van der Waals surface area contributed by atoms with Crippen molar-refractivity contribution in [1.82, 2.24) is 15.1 Å². The van der Waals surface area contributed by atoms with Crippen molar-refractivity contribution in [3.8, 4) is 5.75 Å². The van der Waals surface area contributed by atoms with Gasteiger partial charge in [-0.3, -0.25) is 4.68 Å². The molecule has 0 amide bonds. The van der Waals surface area contributed by atoms with Gasteiger partial charge < -0.3 is 10.1 Å². The van der Waals surface area contributed by atoms with Gasteiger partial charge in [-0.1, -0.05) is 25.1 Å². The average molecular weight is 287 g/mol. The maximum absolute atomic E-state index is 5.93. The number of hydrogen-bond donors (Lipinski definition) is 1. The van der Waals surface area contributed by atoms with Crippen LogP contribution in [0.5, 0.6) is 5.75 Å². The van der Waals surface area contributed by atoms with Crippen molar-refractivity contribution in [3.63, 3.8) is 0 Å². The largest absolute Gasteiger partial charge is 0.487 e. The highest BCUT2D eigenvalue weighted by atomic mass is 16.5. The molecule has 1 aromatic carbocycles. The maximum atomic E-state index is 5.93. The van der Waals surface area contributed by atoms with E-state index in [-0.39, 0.29) is 0 Å². The fraction of sp³-hybridized carbons (Fsp3) is 0.471. The van der Waals surface area contributed by atoms with Crippen LogP contribution >= 0.6 is 0 Å². The van der Waals surface area contributed by atoms with E-state index in [0.717, 1.165) is 31.0 Å². The predicted molar refractivity (Wildman–Crippen MR) is 85.4 cm³/mol. The average Bonchev–Trinajstić information content (AvgIpc) is 2.96. The molecule has 2 rings (SSSR count). The smallest absolute Gasteiger partial charge is 0.132 e. The van der Waals surface area contributed by atoms with Crippen LogP contribution in [0.25, 0.3) is 0 Å². The highest BCUT2D eigenvalue weighted by Gasteiger charge is 2.06. The first-order chi connectivity index (χ1) is 10.2. The lowest BCUT2D eigenvalue weighted by Gasteiger charge is -2.11. The van der Waals surface area contributed by atoms with Crippen LogP contribution in [-0.4, -0.2) is 16.3 Å². The van der Waals surface area contributed by atoms with Crippen LogP contribution in [0.1, 0.15) is 44.5 Å². The van der Waals surface area contributed by atoms with Gasteiger partial charge >= 0.3 is 0 Å². The summed E-state index contributed by atoms with van der Waals surface area (Å²) in [6, 6.07) is 10.6. The number of hydrogen-bond acceptors (Lipinski definition) is 3. The molecule has 4 heteroatoms. The van der Waals surface area contributed by atoms with E-state index in [1.807, 2.05) is 35.1 Å². The van der Waals surface area contributed by atoms with E-state index in [9.17, 15) is 0 Å². The maximum Gasteiger partial charge on any atom is 0.132 e. The Morgan fingerprint density at radius 2 is 2.05 bits per heavy atom. The van der Waals surface area contributed by atoms with Gasteiger partial charge in [0.25, 0.3) is 0 Å². The molecule has 21 heavy (non-hydrogen) atoms. The molecule has 0 unspecified atom stereocenters. The number of aromatic nitrogens is 2. The Kier molecular flexibility index (Phi) is 5.81. The van der Waals surface area contributed by atoms with Crippen molar-refractivity contribution in [1.29, 1.82) is 0 Å². The molecule has 0 radical (unpaired) electrons. The minimum Gasteiger partial charge on any atom is -0.487 e. The molecule has 0 aliphatic heterocycles. The third-order valence-corrected chi connectivity index (χ3v) is 3.28. The Bertz CT molecular complexity index is 548. The Hall–Kier alpha value is -1.81. The molecule has 1 N–H and O–H groups in total. The van der Waals surface area contributed by atoms with E-state index in [4.69, 9.17) is 4.74 Å². The SMILES string of the molecule is CCCNCc1ccccc1OCc1ccn(C(C)C)n1. The number of benzene rings is 1. The summed E-state index contributed by atoms with van der Waals surface area (Å²) in [7, 11) is 0. The summed E-state index contributed by atoms with van der Waals surface area (Å²) in [5.74, 6) is 0.931. The van der Waals surface area contributed by atoms with Gasteiger partial charge in [0.1, 0.15) is 12.4 Å². The molecule has 1 aromatic heterocycles. The number of ether oxygens (including phenoxy) is 1. The number of para-hydroxylation sites is 1. The zero-order chi connectivity index (χ0) is 15.1.